The van der Waals surface area contributed by atoms with Crippen molar-refractivity contribution in [1.29, 1.82) is 0 Å². The molecule has 2 rings (SSSR count). The van der Waals surface area contributed by atoms with Gasteiger partial charge in [-0.3, -0.25) is 0 Å². The van der Waals surface area contributed by atoms with Crippen molar-refractivity contribution in [1.82, 2.24) is 0 Å². The van der Waals surface area contributed by atoms with E-state index in [0.717, 1.165) is 11.3 Å². The fraction of sp³-hybridized carbons (Fsp3) is 0.778. The molecule has 0 spiro atoms. The number of aliphatic hydroxyl groups excluding tert-OH is 1. The zero-order chi connectivity index (χ0) is 26.7. The molecular formula is C27H50O5SSi2. The van der Waals surface area contributed by atoms with Gasteiger partial charge in [-0.25, -0.2) is 0 Å². The van der Waals surface area contributed by atoms with Crippen molar-refractivity contribution in [3.8, 4) is 0 Å². The average molecular weight is 543 g/mol. The van der Waals surface area contributed by atoms with Gasteiger partial charge in [-0.1, -0.05) is 78.8 Å². The largest absolute Gasteiger partial charge is 0.414 e. The molecule has 1 aromatic rings. The van der Waals surface area contributed by atoms with Crippen LogP contribution in [0.15, 0.2) is 30.3 Å². The van der Waals surface area contributed by atoms with Gasteiger partial charge in [0.2, 0.25) is 0 Å². The molecule has 1 heterocycles. The summed E-state index contributed by atoms with van der Waals surface area (Å²) < 4.78 is 26.4. The van der Waals surface area contributed by atoms with Crippen LogP contribution in [0.4, 0.5) is 0 Å². The van der Waals surface area contributed by atoms with Crippen LogP contribution < -0.4 is 0 Å². The summed E-state index contributed by atoms with van der Waals surface area (Å²) in [5, 5.41) is 11.7. The summed E-state index contributed by atoms with van der Waals surface area (Å²) in [5.41, 5.74) is 0.853. The molecule has 0 aromatic heterocycles. The average Bonchev–Trinajstić information content (AvgIpc) is 2.73. The van der Waals surface area contributed by atoms with Gasteiger partial charge in [-0.05, 0) is 47.6 Å². The highest BCUT2D eigenvalue weighted by atomic mass is 32.2. The van der Waals surface area contributed by atoms with Crippen LogP contribution in [0.2, 0.25) is 36.3 Å². The van der Waals surface area contributed by atoms with Gasteiger partial charge in [0.05, 0.1) is 13.2 Å². The maximum Gasteiger partial charge on any atom is 0.192 e. The molecule has 0 aliphatic carbocycles. The summed E-state index contributed by atoms with van der Waals surface area (Å²) in [6, 6.07) is 10.1. The highest BCUT2D eigenvalue weighted by Gasteiger charge is 2.51. The quantitative estimate of drug-likeness (QED) is 0.327. The number of benzene rings is 1. The Kier molecular flexibility index (Phi) is 10.7. The first-order valence-electron chi connectivity index (χ1n) is 12.9. The summed E-state index contributed by atoms with van der Waals surface area (Å²) in [6.45, 7) is 25.2. The zero-order valence-corrected chi connectivity index (χ0v) is 26.7. The Morgan fingerprint density at radius 1 is 0.914 bits per heavy atom. The zero-order valence-electron chi connectivity index (χ0n) is 23.9. The second-order valence-electron chi connectivity index (χ2n) is 12.7. The molecule has 8 heteroatoms. The maximum atomic E-state index is 11.6. The standard InChI is InChI=1S/C27H50O5SSi2/c1-12-33-25-24(29-18-20-16-14-13-15-17-20)23(32-35(10,11)27(5,6)7)22(28)21(31-25)19-30-34(8,9)26(2,3)4/h13-17,21-25,28H,12,18-19H2,1-11H3/t21-,22-,23+,24-,25+/m1/s1. The lowest BCUT2D eigenvalue weighted by atomic mass is 10.00. The highest BCUT2D eigenvalue weighted by Crippen LogP contribution is 2.42. The molecule has 5 nitrogen and oxygen atoms in total. The van der Waals surface area contributed by atoms with E-state index in [1.807, 2.05) is 18.2 Å². The van der Waals surface area contributed by atoms with Crippen molar-refractivity contribution >= 4 is 28.4 Å². The fourth-order valence-electron chi connectivity index (χ4n) is 3.43. The minimum Gasteiger partial charge on any atom is -0.414 e. The van der Waals surface area contributed by atoms with Gasteiger partial charge in [0.1, 0.15) is 29.9 Å². The van der Waals surface area contributed by atoms with E-state index in [4.69, 9.17) is 18.3 Å². The van der Waals surface area contributed by atoms with Gasteiger partial charge in [0.25, 0.3) is 0 Å². The third-order valence-electron chi connectivity index (χ3n) is 7.89. The molecule has 1 N–H and O–H groups in total. The molecule has 1 fully saturated rings. The lowest BCUT2D eigenvalue weighted by Crippen LogP contribution is -2.63. The second-order valence-corrected chi connectivity index (χ2v) is 23.6. The number of aliphatic hydroxyl groups is 1. The summed E-state index contributed by atoms with van der Waals surface area (Å²) >= 11 is 1.71. The molecule has 1 aromatic carbocycles. The maximum absolute atomic E-state index is 11.6. The van der Waals surface area contributed by atoms with E-state index in [1.165, 1.54) is 0 Å². The Bertz CT molecular complexity index is 776. The monoisotopic (exact) mass is 542 g/mol. The molecule has 0 saturated carbocycles. The number of thioether (sulfide) groups is 1. The number of rotatable bonds is 10. The van der Waals surface area contributed by atoms with E-state index >= 15 is 0 Å². The molecule has 1 saturated heterocycles. The van der Waals surface area contributed by atoms with Crippen LogP contribution in [0.5, 0.6) is 0 Å². The SMILES string of the molecule is CCS[C@@H]1O[C@H](CO[Si](C)(C)C(C)(C)C)[C@@H](O)[C@H](O[Si](C)(C)C(C)(C)C)[C@H]1OCc1ccccc1. The van der Waals surface area contributed by atoms with E-state index in [-0.39, 0.29) is 21.6 Å². The van der Waals surface area contributed by atoms with Crippen LogP contribution in [-0.4, -0.2) is 64.0 Å². The Labute approximate surface area is 220 Å². The molecule has 1 aliphatic heterocycles. The second kappa shape index (κ2) is 12.1. The van der Waals surface area contributed by atoms with Gasteiger partial charge in [-0.15, -0.1) is 11.8 Å². The number of hydrogen-bond acceptors (Lipinski definition) is 6. The van der Waals surface area contributed by atoms with E-state index in [9.17, 15) is 5.11 Å². The number of hydrogen-bond donors (Lipinski definition) is 1. The van der Waals surface area contributed by atoms with Crippen LogP contribution in [0.3, 0.4) is 0 Å². The van der Waals surface area contributed by atoms with Gasteiger partial charge in [0.15, 0.2) is 16.6 Å². The van der Waals surface area contributed by atoms with Crippen LogP contribution in [0.25, 0.3) is 0 Å². The summed E-state index contributed by atoms with van der Waals surface area (Å²) in [6.07, 6.45) is -2.15. The minimum atomic E-state index is -2.19. The van der Waals surface area contributed by atoms with E-state index in [1.54, 1.807) is 11.8 Å². The minimum absolute atomic E-state index is 0.00946. The van der Waals surface area contributed by atoms with E-state index in [2.05, 4.69) is 86.8 Å². The van der Waals surface area contributed by atoms with Crippen LogP contribution in [0.1, 0.15) is 54.0 Å². The molecule has 0 bridgehead atoms. The molecule has 0 radical (unpaired) electrons. The van der Waals surface area contributed by atoms with Crippen LogP contribution in [-0.2, 0) is 24.9 Å². The third-order valence-corrected chi connectivity index (χ3v) is 17.9. The molecule has 202 valence electrons. The predicted molar refractivity (Wildman–Crippen MR) is 153 cm³/mol. The summed E-state index contributed by atoms with van der Waals surface area (Å²) in [4.78, 5) is 0. The Morgan fingerprint density at radius 2 is 1.49 bits per heavy atom. The highest BCUT2D eigenvalue weighted by molar-refractivity contribution is 7.99. The van der Waals surface area contributed by atoms with Gasteiger partial charge in [0, 0.05) is 0 Å². The van der Waals surface area contributed by atoms with Gasteiger partial charge >= 0.3 is 0 Å². The first-order valence-corrected chi connectivity index (χ1v) is 19.8. The van der Waals surface area contributed by atoms with Crippen LogP contribution in [0, 0.1) is 0 Å². The van der Waals surface area contributed by atoms with E-state index < -0.39 is 34.9 Å². The Balaban J connectivity index is 2.33. The normalized spacial score (nSPS) is 26.7. The molecular weight excluding hydrogens is 493 g/mol. The first-order chi connectivity index (χ1) is 16.0. The van der Waals surface area contributed by atoms with E-state index in [0.29, 0.717) is 13.2 Å². The molecule has 35 heavy (non-hydrogen) atoms. The lowest BCUT2D eigenvalue weighted by Gasteiger charge is -2.49. The molecule has 0 unspecified atom stereocenters. The van der Waals surface area contributed by atoms with Crippen molar-refractivity contribution in [2.45, 2.75) is 121 Å². The predicted octanol–water partition coefficient (Wildman–Crippen LogP) is 6.82. The van der Waals surface area contributed by atoms with Gasteiger partial charge in [-0.2, -0.15) is 0 Å². The summed E-state index contributed by atoms with van der Waals surface area (Å²) in [7, 11) is -4.19. The fourth-order valence-corrected chi connectivity index (χ4v) is 6.72. The Hall–Kier alpha value is -0.196. The lowest BCUT2D eigenvalue weighted by molar-refractivity contribution is -0.216. The first kappa shape index (κ1) is 31.0. The topological polar surface area (TPSA) is 57.2 Å². The molecule has 0 amide bonds. The van der Waals surface area contributed by atoms with Crippen molar-refractivity contribution < 1.29 is 23.4 Å². The Morgan fingerprint density at radius 3 is 2.00 bits per heavy atom. The third kappa shape index (κ3) is 8.14. The van der Waals surface area contributed by atoms with Crippen molar-refractivity contribution in [3.63, 3.8) is 0 Å². The molecule has 1 aliphatic rings. The smallest absolute Gasteiger partial charge is 0.192 e. The number of ether oxygens (including phenoxy) is 2. The van der Waals surface area contributed by atoms with Crippen molar-refractivity contribution in [2.24, 2.45) is 0 Å². The van der Waals surface area contributed by atoms with Crippen LogP contribution >= 0.6 is 11.8 Å². The van der Waals surface area contributed by atoms with Gasteiger partial charge < -0.3 is 23.4 Å². The van der Waals surface area contributed by atoms with Crippen molar-refractivity contribution in [2.75, 3.05) is 12.4 Å². The molecule has 5 atom stereocenters. The van der Waals surface area contributed by atoms with Crippen molar-refractivity contribution in [3.05, 3.63) is 35.9 Å². The summed E-state index contributed by atoms with van der Waals surface area (Å²) in [5.74, 6) is 0.884.